The fraction of sp³-hybridized carbons (Fsp3) is 0.917. The maximum atomic E-state index is 12.0. The highest BCUT2D eigenvalue weighted by Crippen LogP contribution is 2.39. The Kier molecular flexibility index (Phi) is 2.97. The summed E-state index contributed by atoms with van der Waals surface area (Å²) < 4.78 is 5.45. The number of carbonyl (C=O) groups excluding carboxylic acids is 1. The number of esters is 1. The molecule has 1 unspecified atom stereocenters. The predicted molar refractivity (Wildman–Crippen MR) is 62.2 cm³/mol. The zero-order chi connectivity index (χ0) is 11.8. The van der Waals surface area contributed by atoms with Crippen LogP contribution in [0.1, 0.15) is 33.6 Å². The molecule has 2 fully saturated rings. The fourth-order valence-corrected chi connectivity index (χ4v) is 2.58. The van der Waals surface area contributed by atoms with Gasteiger partial charge in [0.15, 0.2) is 0 Å². The molecule has 92 valence electrons. The van der Waals surface area contributed by atoms with E-state index in [1.165, 1.54) is 0 Å². The monoisotopic (exact) mass is 226 g/mol. The van der Waals surface area contributed by atoms with Crippen LogP contribution in [0.5, 0.6) is 0 Å². The highest BCUT2D eigenvalue weighted by Gasteiger charge is 2.51. The number of ether oxygens (including phenoxy) is 1. The van der Waals surface area contributed by atoms with Crippen LogP contribution in [0.25, 0.3) is 0 Å². The van der Waals surface area contributed by atoms with E-state index in [0.717, 1.165) is 32.5 Å². The second-order valence-electron chi connectivity index (χ2n) is 5.96. The molecule has 0 aliphatic carbocycles. The summed E-state index contributed by atoms with van der Waals surface area (Å²) in [6.07, 6.45) is 2.15. The largest absolute Gasteiger partial charge is 0.459 e. The molecule has 0 radical (unpaired) electrons. The van der Waals surface area contributed by atoms with Crippen molar-refractivity contribution in [3.8, 4) is 0 Å². The van der Waals surface area contributed by atoms with Gasteiger partial charge in [0.25, 0.3) is 0 Å². The summed E-state index contributed by atoms with van der Waals surface area (Å²) in [7, 11) is 0. The Morgan fingerprint density at radius 3 is 2.38 bits per heavy atom. The molecular weight excluding hydrogens is 204 g/mol. The van der Waals surface area contributed by atoms with Crippen molar-refractivity contribution in [1.29, 1.82) is 0 Å². The van der Waals surface area contributed by atoms with Crippen molar-refractivity contribution in [3.63, 3.8) is 0 Å². The molecule has 2 rings (SSSR count). The van der Waals surface area contributed by atoms with Crippen LogP contribution in [-0.4, -0.2) is 37.2 Å². The minimum atomic E-state index is -0.386. The molecular formula is C12H22N2O2. The van der Waals surface area contributed by atoms with Crippen LogP contribution in [0.3, 0.4) is 0 Å². The van der Waals surface area contributed by atoms with Crippen LogP contribution in [-0.2, 0) is 9.53 Å². The Balaban J connectivity index is 1.97. The number of nitrogens with one attached hydrogen (secondary N) is 2. The van der Waals surface area contributed by atoms with Gasteiger partial charge in [-0.05, 0) is 46.7 Å². The van der Waals surface area contributed by atoms with Gasteiger partial charge in [-0.15, -0.1) is 0 Å². The Morgan fingerprint density at radius 1 is 1.31 bits per heavy atom. The van der Waals surface area contributed by atoms with Crippen molar-refractivity contribution in [3.05, 3.63) is 0 Å². The highest BCUT2D eigenvalue weighted by atomic mass is 16.6. The zero-order valence-electron chi connectivity index (χ0n) is 10.4. The number of hydrogen-bond acceptors (Lipinski definition) is 4. The molecule has 16 heavy (non-hydrogen) atoms. The van der Waals surface area contributed by atoms with Gasteiger partial charge in [-0.2, -0.15) is 0 Å². The Bertz CT molecular complexity index is 277. The van der Waals surface area contributed by atoms with Crippen molar-refractivity contribution < 1.29 is 9.53 Å². The third kappa shape index (κ3) is 2.23. The third-order valence-corrected chi connectivity index (χ3v) is 3.51. The quantitative estimate of drug-likeness (QED) is 0.645. The van der Waals surface area contributed by atoms with Gasteiger partial charge < -0.3 is 15.4 Å². The first kappa shape index (κ1) is 11.9. The molecule has 2 aliphatic heterocycles. The smallest absolute Gasteiger partial charge is 0.324 e. The van der Waals surface area contributed by atoms with E-state index < -0.39 is 0 Å². The summed E-state index contributed by atoms with van der Waals surface area (Å²) in [5.74, 6) is -0.0827. The van der Waals surface area contributed by atoms with Crippen molar-refractivity contribution in [1.82, 2.24) is 10.6 Å². The van der Waals surface area contributed by atoms with Gasteiger partial charge in [0.1, 0.15) is 11.6 Å². The van der Waals surface area contributed by atoms with E-state index in [1.54, 1.807) is 0 Å². The molecule has 2 aliphatic rings. The standard InChI is InChI=1S/C12H22N2O2/c1-11(2,3)16-10(15)9-12(8-14-9)4-6-13-7-5-12/h9,13-14H,4-8H2,1-3H3. The highest BCUT2D eigenvalue weighted by molar-refractivity contribution is 5.78. The Morgan fingerprint density at radius 2 is 1.94 bits per heavy atom. The third-order valence-electron chi connectivity index (χ3n) is 3.51. The summed E-state index contributed by atoms with van der Waals surface area (Å²) in [5, 5.41) is 6.56. The molecule has 4 nitrogen and oxygen atoms in total. The number of carbonyl (C=O) groups is 1. The lowest BCUT2D eigenvalue weighted by Gasteiger charge is -2.51. The van der Waals surface area contributed by atoms with Crippen LogP contribution < -0.4 is 10.6 Å². The van der Waals surface area contributed by atoms with Gasteiger partial charge >= 0.3 is 5.97 Å². The average molecular weight is 226 g/mol. The van der Waals surface area contributed by atoms with Gasteiger partial charge in [0.05, 0.1) is 0 Å². The first-order valence-electron chi connectivity index (χ1n) is 6.10. The summed E-state index contributed by atoms with van der Waals surface area (Å²) in [5.41, 5.74) is -0.226. The Labute approximate surface area is 97.1 Å². The zero-order valence-corrected chi connectivity index (χ0v) is 10.4. The maximum Gasteiger partial charge on any atom is 0.324 e. The fourth-order valence-electron chi connectivity index (χ4n) is 2.58. The lowest BCUT2D eigenvalue weighted by Crippen LogP contribution is -2.69. The van der Waals surface area contributed by atoms with Crippen molar-refractivity contribution in [2.75, 3.05) is 19.6 Å². The van der Waals surface area contributed by atoms with Crippen molar-refractivity contribution in [2.24, 2.45) is 5.41 Å². The summed E-state index contributed by atoms with van der Waals surface area (Å²) in [6, 6.07) is -0.0891. The van der Waals surface area contributed by atoms with Gasteiger partial charge in [0, 0.05) is 12.0 Å². The number of hydrogen-bond donors (Lipinski definition) is 2. The van der Waals surface area contributed by atoms with Crippen LogP contribution in [0.2, 0.25) is 0 Å². The second kappa shape index (κ2) is 4.00. The predicted octanol–water partition coefficient (Wildman–Crippen LogP) is 0.670. The SMILES string of the molecule is CC(C)(C)OC(=O)C1NCC12CCNCC2. The van der Waals surface area contributed by atoms with E-state index in [2.05, 4.69) is 10.6 Å². The molecule has 0 saturated carbocycles. The minimum absolute atomic E-state index is 0.0827. The first-order chi connectivity index (χ1) is 7.43. The van der Waals surface area contributed by atoms with Crippen LogP contribution in [0.4, 0.5) is 0 Å². The molecule has 0 aromatic heterocycles. The van der Waals surface area contributed by atoms with Gasteiger partial charge in [-0.1, -0.05) is 0 Å². The topological polar surface area (TPSA) is 50.4 Å². The molecule has 4 heteroatoms. The lowest BCUT2D eigenvalue weighted by atomic mass is 9.67. The summed E-state index contributed by atoms with van der Waals surface area (Å²) >= 11 is 0. The van der Waals surface area contributed by atoms with E-state index in [-0.39, 0.29) is 23.0 Å². The number of piperidine rings is 1. The van der Waals surface area contributed by atoms with Crippen molar-refractivity contribution >= 4 is 5.97 Å². The maximum absolute atomic E-state index is 12.0. The molecule has 0 aromatic carbocycles. The van der Waals surface area contributed by atoms with E-state index in [4.69, 9.17) is 4.74 Å². The molecule has 0 aromatic rings. The van der Waals surface area contributed by atoms with Crippen molar-refractivity contribution in [2.45, 2.75) is 45.3 Å². The summed E-state index contributed by atoms with van der Waals surface area (Å²) in [6.45, 7) is 8.73. The lowest BCUT2D eigenvalue weighted by molar-refractivity contribution is -0.167. The molecule has 1 spiro atoms. The van der Waals surface area contributed by atoms with Gasteiger partial charge in [-0.3, -0.25) is 4.79 Å². The molecule has 0 bridgehead atoms. The molecule has 1 atom stereocenters. The van der Waals surface area contributed by atoms with E-state index in [0.29, 0.717) is 0 Å². The van der Waals surface area contributed by atoms with E-state index >= 15 is 0 Å². The van der Waals surface area contributed by atoms with E-state index in [9.17, 15) is 4.79 Å². The van der Waals surface area contributed by atoms with Gasteiger partial charge in [0.2, 0.25) is 0 Å². The van der Waals surface area contributed by atoms with Gasteiger partial charge in [-0.25, -0.2) is 0 Å². The molecule has 0 amide bonds. The van der Waals surface area contributed by atoms with E-state index in [1.807, 2.05) is 20.8 Å². The second-order valence-corrected chi connectivity index (χ2v) is 5.96. The Hall–Kier alpha value is -0.610. The van der Waals surface area contributed by atoms with Crippen LogP contribution in [0, 0.1) is 5.41 Å². The first-order valence-corrected chi connectivity index (χ1v) is 6.10. The molecule has 2 heterocycles. The van der Waals surface area contributed by atoms with Crippen LogP contribution in [0.15, 0.2) is 0 Å². The normalized spacial score (nSPS) is 28.6. The summed E-state index contributed by atoms with van der Waals surface area (Å²) in [4.78, 5) is 12.0. The minimum Gasteiger partial charge on any atom is -0.459 e. The average Bonchev–Trinajstić information content (AvgIpc) is 2.14. The molecule has 2 saturated heterocycles. The number of rotatable bonds is 1. The molecule has 2 N–H and O–H groups in total. The van der Waals surface area contributed by atoms with Crippen LogP contribution >= 0.6 is 0 Å².